The van der Waals surface area contributed by atoms with Crippen LogP contribution in [-0.2, 0) is 12.1 Å². The van der Waals surface area contributed by atoms with E-state index in [4.69, 9.17) is 0 Å². The lowest BCUT2D eigenvalue weighted by molar-refractivity contribution is 0.574. The van der Waals surface area contributed by atoms with E-state index in [9.17, 15) is 4.39 Å². The molecule has 1 aliphatic heterocycles. The first-order valence-electron chi connectivity index (χ1n) is 4.34. The van der Waals surface area contributed by atoms with E-state index in [0.717, 1.165) is 12.1 Å². The lowest BCUT2D eigenvalue weighted by Gasteiger charge is -2.07. The fraction of sp³-hybridized carbons (Fsp3) is 0.400. The molecule has 0 atom stereocenters. The molecule has 2 heteroatoms. The first-order valence-corrected chi connectivity index (χ1v) is 4.34. The maximum Gasteiger partial charge on any atom is 0.123 e. The van der Waals surface area contributed by atoms with Gasteiger partial charge in [0.25, 0.3) is 0 Å². The summed E-state index contributed by atoms with van der Waals surface area (Å²) in [6, 6.07) is 5.14. The van der Waals surface area contributed by atoms with Crippen molar-refractivity contribution in [2.45, 2.75) is 24.9 Å². The van der Waals surface area contributed by atoms with Crippen molar-refractivity contribution in [2.75, 3.05) is 0 Å². The zero-order chi connectivity index (χ0) is 8.18. The number of hydrogen-bond donors (Lipinski definition) is 1. The first kappa shape index (κ1) is 6.61. The van der Waals surface area contributed by atoms with Crippen LogP contribution in [0.15, 0.2) is 18.2 Å². The van der Waals surface area contributed by atoms with Gasteiger partial charge in [-0.3, -0.25) is 0 Å². The van der Waals surface area contributed by atoms with Gasteiger partial charge in [-0.25, -0.2) is 4.39 Å². The Morgan fingerprint density at radius 3 is 2.92 bits per heavy atom. The van der Waals surface area contributed by atoms with Crippen LogP contribution < -0.4 is 5.32 Å². The Morgan fingerprint density at radius 1 is 1.33 bits per heavy atom. The van der Waals surface area contributed by atoms with Crippen molar-refractivity contribution in [3.8, 4) is 0 Å². The van der Waals surface area contributed by atoms with Gasteiger partial charge in [0.15, 0.2) is 0 Å². The molecule has 1 N–H and O–H groups in total. The molecule has 2 aliphatic rings. The zero-order valence-corrected chi connectivity index (χ0v) is 6.73. The molecule has 0 saturated heterocycles. The highest BCUT2D eigenvalue weighted by molar-refractivity contribution is 5.42. The van der Waals surface area contributed by atoms with Gasteiger partial charge in [0.05, 0.1) is 0 Å². The summed E-state index contributed by atoms with van der Waals surface area (Å²) < 4.78 is 12.8. The van der Waals surface area contributed by atoms with Crippen LogP contribution in [0.3, 0.4) is 0 Å². The number of nitrogens with one attached hydrogen (secondary N) is 1. The number of halogens is 1. The Hall–Kier alpha value is -0.890. The van der Waals surface area contributed by atoms with Crippen molar-refractivity contribution in [3.05, 3.63) is 35.1 Å². The minimum Gasteiger partial charge on any atom is -0.303 e. The molecule has 0 amide bonds. The van der Waals surface area contributed by atoms with Gasteiger partial charge in [-0.1, -0.05) is 6.07 Å². The van der Waals surface area contributed by atoms with Crippen LogP contribution in [0.25, 0.3) is 0 Å². The first-order chi connectivity index (χ1) is 5.80. The number of benzene rings is 1. The van der Waals surface area contributed by atoms with E-state index >= 15 is 0 Å². The lowest BCUT2D eigenvalue weighted by atomic mass is 10.0. The molecule has 0 bridgehead atoms. The molecule has 1 aliphatic carbocycles. The summed E-state index contributed by atoms with van der Waals surface area (Å²) in [4.78, 5) is 0. The van der Waals surface area contributed by atoms with Gasteiger partial charge in [0.2, 0.25) is 0 Å². The third-order valence-corrected chi connectivity index (χ3v) is 2.95. The average molecular weight is 163 g/mol. The van der Waals surface area contributed by atoms with Crippen molar-refractivity contribution in [1.82, 2.24) is 5.32 Å². The van der Waals surface area contributed by atoms with Gasteiger partial charge in [0, 0.05) is 12.1 Å². The molecule has 1 fully saturated rings. The number of rotatable bonds is 0. The van der Waals surface area contributed by atoms with Crippen LogP contribution >= 0.6 is 0 Å². The van der Waals surface area contributed by atoms with Gasteiger partial charge < -0.3 is 5.32 Å². The van der Waals surface area contributed by atoms with Gasteiger partial charge in [-0.15, -0.1) is 0 Å². The molecule has 3 rings (SSSR count). The van der Waals surface area contributed by atoms with E-state index in [0.29, 0.717) is 0 Å². The van der Waals surface area contributed by atoms with Crippen molar-refractivity contribution >= 4 is 0 Å². The maximum absolute atomic E-state index is 12.8. The smallest absolute Gasteiger partial charge is 0.123 e. The van der Waals surface area contributed by atoms with Crippen LogP contribution in [0, 0.1) is 5.82 Å². The molecule has 62 valence electrons. The highest BCUT2D eigenvalue weighted by Gasteiger charge is 2.48. The van der Waals surface area contributed by atoms with Gasteiger partial charge in [0.1, 0.15) is 5.82 Å². The Morgan fingerprint density at radius 2 is 2.17 bits per heavy atom. The maximum atomic E-state index is 12.8. The third-order valence-electron chi connectivity index (χ3n) is 2.95. The summed E-state index contributed by atoms with van der Waals surface area (Å²) in [6.45, 7) is 0.840. The van der Waals surface area contributed by atoms with Crippen molar-refractivity contribution in [1.29, 1.82) is 0 Å². The fourth-order valence-electron chi connectivity index (χ4n) is 2.11. The standard InChI is InChI=1S/C10H10FN/c11-8-1-2-9-7(5-8)6-12-10(9)3-4-10/h1-2,5,12H,3-4,6H2. The van der Waals surface area contributed by atoms with Crippen LogP contribution in [-0.4, -0.2) is 0 Å². The molecule has 0 unspecified atom stereocenters. The van der Waals surface area contributed by atoms with Crippen LogP contribution in [0.1, 0.15) is 24.0 Å². The highest BCUT2D eigenvalue weighted by atomic mass is 19.1. The van der Waals surface area contributed by atoms with Gasteiger partial charge in [-0.05, 0) is 36.1 Å². The fourth-order valence-corrected chi connectivity index (χ4v) is 2.11. The summed E-state index contributed by atoms with van der Waals surface area (Å²) in [6.07, 6.45) is 2.43. The second-order valence-electron chi connectivity index (χ2n) is 3.74. The lowest BCUT2D eigenvalue weighted by Crippen LogP contribution is -2.19. The molecule has 1 nitrogen and oxygen atoms in total. The summed E-state index contributed by atoms with van der Waals surface area (Å²) in [5.41, 5.74) is 2.72. The molecule has 1 aromatic carbocycles. The van der Waals surface area contributed by atoms with Gasteiger partial charge >= 0.3 is 0 Å². The van der Waals surface area contributed by atoms with E-state index in [1.807, 2.05) is 6.07 Å². The summed E-state index contributed by atoms with van der Waals surface area (Å²) in [7, 11) is 0. The molecule has 12 heavy (non-hydrogen) atoms. The second kappa shape index (κ2) is 1.88. The van der Waals surface area contributed by atoms with Crippen LogP contribution in [0.5, 0.6) is 0 Å². The quantitative estimate of drug-likeness (QED) is 0.616. The second-order valence-corrected chi connectivity index (χ2v) is 3.74. The molecule has 1 aromatic rings. The topological polar surface area (TPSA) is 12.0 Å². The SMILES string of the molecule is Fc1ccc2c(c1)CNC21CC1. The Balaban J connectivity index is 2.18. The van der Waals surface area contributed by atoms with Gasteiger partial charge in [-0.2, -0.15) is 0 Å². The summed E-state index contributed by atoms with van der Waals surface area (Å²) >= 11 is 0. The minimum absolute atomic E-state index is 0.117. The van der Waals surface area contributed by atoms with E-state index < -0.39 is 0 Å². The Labute approximate surface area is 70.6 Å². The average Bonchev–Trinajstić information content (AvgIpc) is 2.73. The predicted octanol–water partition coefficient (Wildman–Crippen LogP) is 1.92. The molecular weight excluding hydrogens is 153 g/mol. The molecule has 1 saturated carbocycles. The molecule has 1 heterocycles. The normalized spacial score (nSPS) is 22.8. The van der Waals surface area contributed by atoms with Crippen molar-refractivity contribution in [3.63, 3.8) is 0 Å². The molecule has 0 radical (unpaired) electrons. The molecule has 0 aromatic heterocycles. The largest absolute Gasteiger partial charge is 0.303 e. The molecular formula is C10H10FN. The molecule has 1 spiro atoms. The monoisotopic (exact) mass is 163 g/mol. The van der Waals surface area contributed by atoms with E-state index in [2.05, 4.69) is 5.32 Å². The summed E-state index contributed by atoms with van der Waals surface area (Å²) in [5.74, 6) is -0.117. The number of hydrogen-bond acceptors (Lipinski definition) is 1. The highest BCUT2D eigenvalue weighted by Crippen LogP contribution is 2.50. The Bertz CT molecular complexity index is 342. The van der Waals surface area contributed by atoms with Crippen molar-refractivity contribution < 1.29 is 4.39 Å². The third kappa shape index (κ3) is 0.707. The number of fused-ring (bicyclic) bond motifs is 2. The van der Waals surface area contributed by atoms with Crippen molar-refractivity contribution in [2.24, 2.45) is 0 Å². The summed E-state index contributed by atoms with van der Waals surface area (Å²) in [5, 5.41) is 3.43. The Kier molecular flexibility index (Phi) is 1.04. The van der Waals surface area contributed by atoms with E-state index in [1.165, 1.54) is 18.4 Å². The van der Waals surface area contributed by atoms with E-state index in [-0.39, 0.29) is 11.4 Å². The predicted molar refractivity (Wildman–Crippen MR) is 44.2 cm³/mol. The van der Waals surface area contributed by atoms with Crippen LogP contribution in [0.4, 0.5) is 4.39 Å². The van der Waals surface area contributed by atoms with E-state index in [1.54, 1.807) is 12.1 Å². The zero-order valence-electron chi connectivity index (χ0n) is 6.73. The minimum atomic E-state index is -0.117. The van der Waals surface area contributed by atoms with Crippen LogP contribution in [0.2, 0.25) is 0 Å².